The van der Waals surface area contributed by atoms with Crippen LogP contribution in [-0.4, -0.2) is 27.6 Å². The average molecular weight is 259 g/mol. The molecule has 1 aromatic carbocycles. The summed E-state index contributed by atoms with van der Waals surface area (Å²) in [6.45, 7) is 4.58. The van der Waals surface area contributed by atoms with Crippen LogP contribution in [0.15, 0.2) is 36.5 Å². The molecule has 0 N–H and O–H groups in total. The van der Waals surface area contributed by atoms with E-state index < -0.39 is 5.97 Å². The molecule has 0 unspecified atom stereocenters. The van der Waals surface area contributed by atoms with E-state index in [-0.39, 0.29) is 5.69 Å². The third-order valence-corrected chi connectivity index (χ3v) is 2.65. The minimum absolute atomic E-state index is 0.229. The topological polar surface area (TPSA) is 57.0 Å². The van der Waals surface area contributed by atoms with Crippen LogP contribution in [0.25, 0.3) is 5.69 Å². The van der Waals surface area contributed by atoms with Crippen molar-refractivity contribution in [3.05, 3.63) is 42.2 Å². The van der Waals surface area contributed by atoms with E-state index in [1.807, 2.05) is 30.3 Å². The molecular weight excluding hydrogens is 242 g/mol. The van der Waals surface area contributed by atoms with Gasteiger partial charge in [-0.3, -0.25) is 0 Å². The number of para-hydroxylation sites is 1. The quantitative estimate of drug-likeness (QED) is 0.774. The predicted octanol–water partition coefficient (Wildman–Crippen LogP) is 2.47. The molecule has 2 rings (SSSR count). The predicted molar refractivity (Wildman–Crippen MR) is 71.1 cm³/mol. The molecule has 1 heterocycles. The number of hydrogen-bond acceptors (Lipinski definition) is 4. The van der Waals surface area contributed by atoms with Gasteiger partial charge in [0.25, 0.3) is 0 Å². The molecule has 0 saturated heterocycles. The van der Waals surface area contributed by atoms with Crippen molar-refractivity contribution in [1.82, 2.24) is 15.0 Å². The van der Waals surface area contributed by atoms with E-state index in [9.17, 15) is 4.79 Å². The van der Waals surface area contributed by atoms with Crippen molar-refractivity contribution in [2.45, 2.75) is 20.3 Å². The summed E-state index contributed by atoms with van der Waals surface area (Å²) in [5.74, 6) is 0.0793. The number of ether oxygens (including phenoxy) is 1. The van der Waals surface area contributed by atoms with Crippen LogP contribution in [0.2, 0.25) is 0 Å². The van der Waals surface area contributed by atoms with Crippen LogP contribution in [0.5, 0.6) is 0 Å². The number of hydrogen-bond donors (Lipinski definition) is 0. The summed E-state index contributed by atoms with van der Waals surface area (Å²) in [7, 11) is 0. The summed E-state index contributed by atoms with van der Waals surface area (Å²) in [5.41, 5.74) is 1.09. The van der Waals surface area contributed by atoms with Gasteiger partial charge in [0.1, 0.15) is 0 Å². The summed E-state index contributed by atoms with van der Waals surface area (Å²) in [4.78, 5) is 11.7. The Morgan fingerprint density at radius 2 is 2.05 bits per heavy atom. The fourth-order valence-electron chi connectivity index (χ4n) is 1.53. The minimum Gasteiger partial charge on any atom is -0.461 e. The molecule has 0 bridgehead atoms. The van der Waals surface area contributed by atoms with E-state index in [1.54, 1.807) is 10.9 Å². The zero-order valence-corrected chi connectivity index (χ0v) is 11.1. The molecule has 0 spiro atoms. The van der Waals surface area contributed by atoms with Gasteiger partial charge in [0.15, 0.2) is 5.69 Å². The molecule has 0 saturated carbocycles. The summed E-state index contributed by atoms with van der Waals surface area (Å²) < 4.78 is 6.69. The van der Waals surface area contributed by atoms with Crippen molar-refractivity contribution in [2.75, 3.05) is 6.61 Å². The van der Waals surface area contributed by atoms with Gasteiger partial charge in [-0.2, -0.15) is 0 Å². The highest BCUT2D eigenvalue weighted by molar-refractivity contribution is 5.86. The maximum atomic E-state index is 11.7. The van der Waals surface area contributed by atoms with Crippen LogP contribution in [0.4, 0.5) is 0 Å². The van der Waals surface area contributed by atoms with Gasteiger partial charge < -0.3 is 4.74 Å². The Morgan fingerprint density at radius 3 is 2.74 bits per heavy atom. The second kappa shape index (κ2) is 6.13. The van der Waals surface area contributed by atoms with Gasteiger partial charge >= 0.3 is 5.97 Å². The molecule has 2 aromatic rings. The van der Waals surface area contributed by atoms with Crippen LogP contribution < -0.4 is 0 Å². The molecule has 19 heavy (non-hydrogen) atoms. The molecule has 5 nitrogen and oxygen atoms in total. The molecule has 100 valence electrons. The number of carbonyl (C=O) groups is 1. The van der Waals surface area contributed by atoms with Crippen molar-refractivity contribution in [1.29, 1.82) is 0 Å². The van der Waals surface area contributed by atoms with Crippen molar-refractivity contribution >= 4 is 5.97 Å². The monoisotopic (exact) mass is 259 g/mol. The van der Waals surface area contributed by atoms with Crippen LogP contribution in [-0.2, 0) is 4.74 Å². The third kappa shape index (κ3) is 3.64. The molecule has 0 aliphatic heterocycles. The van der Waals surface area contributed by atoms with E-state index in [0.717, 1.165) is 12.1 Å². The SMILES string of the molecule is CC(C)CCOC(=O)c1cn(-c2ccccc2)nn1. The Labute approximate surface area is 112 Å². The van der Waals surface area contributed by atoms with E-state index >= 15 is 0 Å². The highest BCUT2D eigenvalue weighted by atomic mass is 16.5. The molecule has 0 aliphatic carbocycles. The van der Waals surface area contributed by atoms with Gasteiger partial charge in [-0.1, -0.05) is 37.3 Å². The van der Waals surface area contributed by atoms with Gasteiger partial charge in [-0.15, -0.1) is 5.10 Å². The van der Waals surface area contributed by atoms with Crippen LogP contribution >= 0.6 is 0 Å². The van der Waals surface area contributed by atoms with Crippen molar-refractivity contribution < 1.29 is 9.53 Å². The summed E-state index contributed by atoms with van der Waals surface area (Å²) >= 11 is 0. The van der Waals surface area contributed by atoms with Crippen molar-refractivity contribution in [3.63, 3.8) is 0 Å². The Hall–Kier alpha value is -2.17. The summed E-state index contributed by atoms with van der Waals surface area (Å²) in [5, 5.41) is 7.75. The van der Waals surface area contributed by atoms with Gasteiger partial charge in [-0.05, 0) is 24.5 Å². The number of aromatic nitrogens is 3. The highest BCUT2D eigenvalue weighted by Gasteiger charge is 2.12. The second-order valence-electron chi connectivity index (χ2n) is 4.70. The lowest BCUT2D eigenvalue weighted by molar-refractivity contribution is 0.0481. The second-order valence-corrected chi connectivity index (χ2v) is 4.70. The summed E-state index contributed by atoms with van der Waals surface area (Å²) in [6.07, 6.45) is 2.42. The average Bonchev–Trinajstić information content (AvgIpc) is 2.89. The first kappa shape index (κ1) is 13.3. The van der Waals surface area contributed by atoms with Crippen LogP contribution in [0.1, 0.15) is 30.8 Å². The minimum atomic E-state index is -0.428. The molecule has 0 fully saturated rings. The first-order valence-electron chi connectivity index (χ1n) is 6.31. The zero-order valence-electron chi connectivity index (χ0n) is 11.1. The first-order valence-corrected chi connectivity index (χ1v) is 6.31. The van der Waals surface area contributed by atoms with E-state index in [0.29, 0.717) is 12.5 Å². The Kier molecular flexibility index (Phi) is 4.28. The zero-order chi connectivity index (χ0) is 13.7. The smallest absolute Gasteiger partial charge is 0.360 e. The van der Waals surface area contributed by atoms with Crippen LogP contribution in [0.3, 0.4) is 0 Å². The number of carbonyl (C=O) groups excluding carboxylic acids is 1. The molecule has 0 amide bonds. The lowest BCUT2D eigenvalue weighted by Crippen LogP contribution is -2.08. The summed E-state index contributed by atoms with van der Waals surface area (Å²) in [6, 6.07) is 9.50. The maximum Gasteiger partial charge on any atom is 0.360 e. The standard InChI is InChI=1S/C14H17N3O2/c1-11(2)8-9-19-14(18)13-10-17(16-15-13)12-6-4-3-5-7-12/h3-7,10-11H,8-9H2,1-2H3. The molecule has 0 aliphatic rings. The van der Waals surface area contributed by atoms with Crippen molar-refractivity contribution in [3.8, 4) is 5.69 Å². The lowest BCUT2D eigenvalue weighted by atomic mass is 10.1. The molecule has 1 aromatic heterocycles. The van der Waals surface area contributed by atoms with Gasteiger partial charge in [0.05, 0.1) is 18.5 Å². The normalized spacial score (nSPS) is 10.7. The molecule has 5 heteroatoms. The third-order valence-electron chi connectivity index (χ3n) is 2.65. The number of rotatable bonds is 5. The number of benzene rings is 1. The molecular formula is C14H17N3O2. The first-order chi connectivity index (χ1) is 9.16. The van der Waals surface area contributed by atoms with E-state index in [4.69, 9.17) is 4.74 Å². The van der Waals surface area contributed by atoms with E-state index in [2.05, 4.69) is 24.2 Å². The fraction of sp³-hybridized carbons (Fsp3) is 0.357. The van der Waals surface area contributed by atoms with Gasteiger partial charge in [0, 0.05) is 0 Å². The van der Waals surface area contributed by atoms with E-state index in [1.165, 1.54) is 0 Å². The Morgan fingerprint density at radius 1 is 1.32 bits per heavy atom. The van der Waals surface area contributed by atoms with Gasteiger partial charge in [-0.25, -0.2) is 9.48 Å². The maximum absolute atomic E-state index is 11.7. The van der Waals surface area contributed by atoms with Crippen molar-refractivity contribution in [2.24, 2.45) is 5.92 Å². The Balaban J connectivity index is 1.99. The lowest BCUT2D eigenvalue weighted by Gasteiger charge is -2.04. The Bertz CT molecular complexity index is 535. The molecule has 0 radical (unpaired) electrons. The number of nitrogens with zero attached hydrogens (tertiary/aromatic N) is 3. The largest absolute Gasteiger partial charge is 0.461 e. The van der Waals surface area contributed by atoms with Crippen LogP contribution in [0, 0.1) is 5.92 Å². The van der Waals surface area contributed by atoms with Gasteiger partial charge in [0.2, 0.25) is 0 Å². The highest BCUT2D eigenvalue weighted by Crippen LogP contribution is 2.07. The molecule has 0 atom stereocenters. The number of esters is 1. The fourth-order valence-corrected chi connectivity index (χ4v) is 1.53.